The molecule has 4 nitrogen and oxygen atoms in total. The normalized spacial score (nSPS) is 15.0. The zero-order valence-electron chi connectivity index (χ0n) is 10.5. The second kappa shape index (κ2) is 5.72. The van der Waals surface area contributed by atoms with Crippen LogP contribution in [0.1, 0.15) is 18.7 Å². The molecule has 1 aromatic carbocycles. The maximum absolute atomic E-state index is 13.3. The van der Waals surface area contributed by atoms with Crippen molar-refractivity contribution in [1.29, 1.82) is 0 Å². The first-order valence-electron chi connectivity index (χ1n) is 5.73. The van der Waals surface area contributed by atoms with E-state index in [-0.39, 0.29) is 17.3 Å². The molecule has 0 fully saturated rings. The fourth-order valence-corrected chi connectivity index (χ4v) is 2.10. The van der Waals surface area contributed by atoms with Crippen LogP contribution < -0.4 is 0 Å². The molecular formula is C12H9BrF4N2O2. The molecule has 0 spiro atoms. The Morgan fingerprint density at radius 2 is 1.95 bits per heavy atom. The molecule has 0 bridgehead atoms. The monoisotopic (exact) mass is 368 g/mol. The predicted octanol–water partition coefficient (Wildman–Crippen LogP) is 3.66. The van der Waals surface area contributed by atoms with Crippen LogP contribution in [0.15, 0.2) is 27.2 Å². The number of aliphatic hydroxyl groups is 1. The van der Waals surface area contributed by atoms with E-state index >= 15 is 0 Å². The smallest absolute Gasteiger partial charge is 0.383 e. The summed E-state index contributed by atoms with van der Waals surface area (Å²) < 4.78 is 55.7. The maximum atomic E-state index is 13.3. The summed E-state index contributed by atoms with van der Waals surface area (Å²) in [4.78, 5) is 3.77. The topological polar surface area (TPSA) is 59.2 Å². The van der Waals surface area contributed by atoms with Gasteiger partial charge in [-0.3, -0.25) is 0 Å². The third-order valence-electron chi connectivity index (χ3n) is 2.76. The van der Waals surface area contributed by atoms with Crippen molar-refractivity contribution >= 4 is 15.9 Å². The van der Waals surface area contributed by atoms with Gasteiger partial charge in [-0.2, -0.15) is 18.2 Å². The van der Waals surface area contributed by atoms with Crippen molar-refractivity contribution < 1.29 is 27.2 Å². The van der Waals surface area contributed by atoms with Gasteiger partial charge in [-0.1, -0.05) is 28.0 Å². The highest BCUT2D eigenvalue weighted by Gasteiger charge is 2.44. The molecule has 114 valence electrons. The Balaban J connectivity index is 2.29. The first-order valence-corrected chi connectivity index (χ1v) is 6.52. The number of alkyl halides is 3. The van der Waals surface area contributed by atoms with Gasteiger partial charge < -0.3 is 9.63 Å². The van der Waals surface area contributed by atoms with Crippen molar-refractivity contribution in [2.45, 2.75) is 25.1 Å². The second-order valence-electron chi connectivity index (χ2n) is 4.39. The van der Waals surface area contributed by atoms with E-state index in [4.69, 9.17) is 9.63 Å². The van der Waals surface area contributed by atoms with E-state index in [1.165, 1.54) is 12.1 Å². The van der Waals surface area contributed by atoms with E-state index in [1.807, 2.05) is 0 Å². The van der Waals surface area contributed by atoms with Crippen molar-refractivity contribution in [3.63, 3.8) is 0 Å². The molecule has 2 rings (SSSR count). The van der Waals surface area contributed by atoms with Crippen molar-refractivity contribution in [1.82, 2.24) is 10.1 Å². The molecule has 2 unspecified atom stereocenters. The molecule has 0 radical (unpaired) electrons. The van der Waals surface area contributed by atoms with Crippen molar-refractivity contribution in [3.8, 4) is 11.4 Å². The molecule has 0 aliphatic heterocycles. The molecule has 2 aromatic rings. The average molecular weight is 369 g/mol. The summed E-state index contributed by atoms with van der Waals surface area (Å²) in [6, 6.07) is 3.81. The molecule has 21 heavy (non-hydrogen) atoms. The molecule has 0 aliphatic carbocycles. The van der Waals surface area contributed by atoms with Crippen LogP contribution in [0.4, 0.5) is 17.6 Å². The maximum Gasteiger partial charge on any atom is 0.415 e. The van der Waals surface area contributed by atoms with Crippen molar-refractivity contribution in [3.05, 3.63) is 34.4 Å². The Kier molecular flexibility index (Phi) is 4.33. The van der Waals surface area contributed by atoms with Gasteiger partial charge in [0.15, 0.2) is 6.10 Å². The lowest BCUT2D eigenvalue weighted by Gasteiger charge is -2.17. The molecular weight excluding hydrogens is 360 g/mol. The summed E-state index contributed by atoms with van der Waals surface area (Å²) in [6.07, 6.45) is -7.42. The summed E-state index contributed by atoms with van der Waals surface area (Å²) in [5.74, 6) is -2.43. The summed E-state index contributed by atoms with van der Waals surface area (Å²) in [5, 5.41) is 12.7. The Bertz CT molecular complexity index is 624. The third-order valence-corrected chi connectivity index (χ3v) is 3.22. The molecule has 1 N–H and O–H groups in total. The Hall–Kier alpha value is -1.48. The lowest BCUT2D eigenvalue weighted by atomic mass is 10.0. The van der Waals surface area contributed by atoms with Gasteiger partial charge in [-0.25, -0.2) is 4.39 Å². The number of rotatable bonds is 3. The number of aliphatic hydroxyl groups excluding tert-OH is 1. The molecule has 0 saturated heterocycles. The lowest BCUT2D eigenvalue weighted by Crippen LogP contribution is -2.33. The molecule has 9 heteroatoms. The van der Waals surface area contributed by atoms with E-state index in [9.17, 15) is 17.6 Å². The minimum absolute atomic E-state index is 0.0635. The summed E-state index contributed by atoms with van der Waals surface area (Å²) in [6.45, 7) is 1.11. The van der Waals surface area contributed by atoms with E-state index in [0.717, 1.165) is 13.0 Å². The molecule has 2 atom stereocenters. The van der Waals surface area contributed by atoms with Crippen molar-refractivity contribution in [2.24, 2.45) is 0 Å². The molecule has 1 aromatic heterocycles. The zero-order chi connectivity index (χ0) is 15.8. The van der Waals surface area contributed by atoms with Crippen LogP contribution in [0.25, 0.3) is 11.4 Å². The number of halogens is 5. The predicted molar refractivity (Wildman–Crippen MR) is 67.9 cm³/mol. The molecule has 0 amide bonds. The zero-order valence-corrected chi connectivity index (χ0v) is 12.1. The fourth-order valence-electron chi connectivity index (χ4n) is 1.64. The van der Waals surface area contributed by atoms with E-state index in [0.29, 0.717) is 4.47 Å². The first-order chi connectivity index (χ1) is 9.68. The Labute approximate surface area is 124 Å². The summed E-state index contributed by atoms with van der Waals surface area (Å²) >= 11 is 3.08. The fraction of sp³-hybridized carbons (Fsp3) is 0.333. The van der Waals surface area contributed by atoms with Crippen LogP contribution in [-0.4, -0.2) is 27.5 Å². The number of benzene rings is 1. The van der Waals surface area contributed by atoms with Gasteiger partial charge >= 0.3 is 6.18 Å². The average Bonchev–Trinajstić information content (AvgIpc) is 2.84. The Morgan fingerprint density at radius 3 is 2.52 bits per heavy atom. The highest BCUT2D eigenvalue weighted by atomic mass is 79.9. The highest BCUT2D eigenvalue weighted by molar-refractivity contribution is 9.10. The van der Waals surface area contributed by atoms with Gasteiger partial charge in [-0.15, -0.1) is 0 Å². The van der Waals surface area contributed by atoms with Crippen LogP contribution in [0.2, 0.25) is 0 Å². The van der Waals surface area contributed by atoms with Gasteiger partial charge in [0.05, 0.1) is 5.92 Å². The summed E-state index contributed by atoms with van der Waals surface area (Å²) in [5.41, 5.74) is 0.241. The molecule has 0 saturated carbocycles. The van der Waals surface area contributed by atoms with E-state index in [1.54, 1.807) is 0 Å². The molecule has 0 aliphatic rings. The SMILES string of the molecule is CC(c1nc(-c2cc(F)cc(Br)c2)no1)C(O)C(F)(F)F. The van der Waals surface area contributed by atoms with E-state index < -0.39 is 24.0 Å². The van der Waals surface area contributed by atoms with Crippen LogP contribution in [0.5, 0.6) is 0 Å². The number of hydrogen-bond donors (Lipinski definition) is 1. The van der Waals surface area contributed by atoms with Gasteiger partial charge in [0.25, 0.3) is 0 Å². The van der Waals surface area contributed by atoms with Gasteiger partial charge in [-0.05, 0) is 18.2 Å². The number of aromatic nitrogens is 2. The third kappa shape index (κ3) is 3.59. The second-order valence-corrected chi connectivity index (χ2v) is 5.31. The quantitative estimate of drug-likeness (QED) is 0.839. The van der Waals surface area contributed by atoms with Gasteiger partial charge in [0, 0.05) is 10.0 Å². The number of hydrogen-bond acceptors (Lipinski definition) is 4. The van der Waals surface area contributed by atoms with Gasteiger partial charge in [0.1, 0.15) is 5.82 Å². The van der Waals surface area contributed by atoms with Crippen molar-refractivity contribution in [2.75, 3.05) is 0 Å². The largest absolute Gasteiger partial charge is 0.415 e. The summed E-state index contributed by atoms with van der Waals surface area (Å²) in [7, 11) is 0. The van der Waals surface area contributed by atoms with Gasteiger partial charge in [0.2, 0.25) is 11.7 Å². The van der Waals surface area contributed by atoms with E-state index in [2.05, 4.69) is 26.1 Å². The minimum Gasteiger partial charge on any atom is -0.383 e. The van der Waals surface area contributed by atoms with Crippen LogP contribution in [0.3, 0.4) is 0 Å². The minimum atomic E-state index is -4.80. The highest BCUT2D eigenvalue weighted by Crippen LogP contribution is 2.32. The van der Waals surface area contributed by atoms with Crippen LogP contribution in [-0.2, 0) is 0 Å². The van der Waals surface area contributed by atoms with Crippen LogP contribution >= 0.6 is 15.9 Å². The Morgan fingerprint density at radius 1 is 1.29 bits per heavy atom. The number of nitrogens with zero attached hydrogens (tertiary/aromatic N) is 2. The molecule has 1 heterocycles. The first kappa shape index (κ1) is 15.9. The standard InChI is InChI=1S/C12H9BrF4N2O2/c1-5(9(20)12(15,16)17)11-18-10(19-21-11)6-2-7(13)4-8(14)3-6/h2-5,9,20H,1H3. The van der Waals surface area contributed by atoms with Crippen LogP contribution in [0, 0.1) is 5.82 Å². The lowest BCUT2D eigenvalue weighted by molar-refractivity contribution is -0.210.